The number of carbonyl (C=O) groups excluding carboxylic acids is 1. The number of ether oxygens (including phenoxy) is 3. The van der Waals surface area contributed by atoms with E-state index in [2.05, 4.69) is 25.3 Å². The minimum atomic E-state index is -0.0586. The van der Waals surface area contributed by atoms with E-state index >= 15 is 0 Å². The standard InChI is InChI=1S/C19H23Cl2N5O4/c1-11(26-12(2)27)7-28-15-3-13(4-15)8-29-18-17(21)19(25-10-24-18)30-9-16-22-5-14(20)6-23-16/h5-6,10-11,13,15H,3-4,7-9H2,1-2H3,(H,26,27)/t11-,13?,15?/m0/s1. The maximum atomic E-state index is 11.0. The number of aromatic nitrogens is 4. The molecule has 11 heteroatoms. The number of rotatable bonds is 10. The van der Waals surface area contributed by atoms with Gasteiger partial charge in [-0.2, -0.15) is 0 Å². The molecule has 0 radical (unpaired) electrons. The van der Waals surface area contributed by atoms with Gasteiger partial charge in [0.25, 0.3) is 0 Å². The average Bonchev–Trinajstić information content (AvgIpc) is 2.67. The van der Waals surface area contributed by atoms with E-state index in [1.54, 1.807) is 0 Å². The van der Waals surface area contributed by atoms with Gasteiger partial charge in [-0.15, -0.1) is 0 Å². The predicted octanol–water partition coefficient (Wildman–Crippen LogP) is 2.85. The van der Waals surface area contributed by atoms with Crippen LogP contribution in [0.25, 0.3) is 0 Å². The van der Waals surface area contributed by atoms with Crippen molar-refractivity contribution in [3.05, 3.63) is 34.6 Å². The number of nitrogens with one attached hydrogen (secondary N) is 1. The molecule has 0 aromatic carbocycles. The van der Waals surface area contributed by atoms with E-state index in [0.29, 0.717) is 30.0 Å². The molecule has 30 heavy (non-hydrogen) atoms. The lowest BCUT2D eigenvalue weighted by Gasteiger charge is -2.35. The Morgan fingerprint density at radius 2 is 1.83 bits per heavy atom. The van der Waals surface area contributed by atoms with Crippen molar-refractivity contribution < 1.29 is 19.0 Å². The number of carbonyl (C=O) groups is 1. The zero-order valence-corrected chi connectivity index (χ0v) is 18.2. The summed E-state index contributed by atoms with van der Waals surface area (Å²) < 4.78 is 17.1. The molecule has 1 saturated carbocycles. The molecule has 1 aliphatic carbocycles. The molecule has 162 valence electrons. The molecule has 0 aliphatic heterocycles. The lowest BCUT2D eigenvalue weighted by atomic mass is 9.83. The molecular formula is C19H23Cl2N5O4. The van der Waals surface area contributed by atoms with Gasteiger partial charge in [0.15, 0.2) is 10.8 Å². The largest absolute Gasteiger partial charge is 0.476 e. The number of hydrogen-bond acceptors (Lipinski definition) is 8. The van der Waals surface area contributed by atoms with Crippen LogP contribution < -0.4 is 14.8 Å². The first-order valence-corrected chi connectivity index (χ1v) is 10.3. The number of halogens is 2. The summed E-state index contributed by atoms with van der Waals surface area (Å²) in [7, 11) is 0. The minimum Gasteiger partial charge on any atom is -0.476 e. The second-order valence-electron chi connectivity index (χ2n) is 7.11. The van der Waals surface area contributed by atoms with Gasteiger partial charge < -0.3 is 19.5 Å². The predicted molar refractivity (Wildman–Crippen MR) is 110 cm³/mol. The van der Waals surface area contributed by atoms with E-state index in [1.807, 2.05) is 6.92 Å². The summed E-state index contributed by atoms with van der Waals surface area (Å²) in [5, 5.41) is 3.44. The monoisotopic (exact) mass is 455 g/mol. The van der Waals surface area contributed by atoms with Crippen LogP contribution in [0.5, 0.6) is 11.8 Å². The van der Waals surface area contributed by atoms with Gasteiger partial charge in [-0.3, -0.25) is 4.79 Å². The average molecular weight is 456 g/mol. The zero-order valence-electron chi connectivity index (χ0n) is 16.7. The zero-order chi connectivity index (χ0) is 21.5. The Morgan fingerprint density at radius 3 is 2.50 bits per heavy atom. The van der Waals surface area contributed by atoms with Crippen LogP contribution in [0.2, 0.25) is 10.0 Å². The van der Waals surface area contributed by atoms with Crippen molar-refractivity contribution in [2.75, 3.05) is 13.2 Å². The molecule has 0 spiro atoms. The van der Waals surface area contributed by atoms with Crippen LogP contribution in [0.3, 0.4) is 0 Å². The van der Waals surface area contributed by atoms with Gasteiger partial charge in [0, 0.05) is 25.4 Å². The Balaban J connectivity index is 1.40. The topological polar surface area (TPSA) is 108 Å². The Labute approximate surface area is 184 Å². The molecule has 0 saturated heterocycles. The fourth-order valence-electron chi connectivity index (χ4n) is 2.90. The smallest absolute Gasteiger partial charge is 0.240 e. The normalized spacial score (nSPS) is 18.9. The van der Waals surface area contributed by atoms with Crippen LogP contribution in [-0.2, 0) is 16.1 Å². The molecule has 0 bridgehead atoms. The maximum absolute atomic E-state index is 11.0. The van der Waals surface area contributed by atoms with Gasteiger partial charge >= 0.3 is 0 Å². The molecule has 1 amide bonds. The van der Waals surface area contributed by atoms with Gasteiger partial charge in [-0.1, -0.05) is 23.2 Å². The Morgan fingerprint density at radius 1 is 1.17 bits per heavy atom. The Bertz CT molecular complexity index is 849. The van der Waals surface area contributed by atoms with E-state index in [4.69, 9.17) is 37.4 Å². The Hall–Kier alpha value is -2.23. The fourth-order valence-corrected chi connectivity index (χ4v) is 3.20. The molecular weight excluding hydrogens is 433 g/mol. The highest BCUT2D eigenvalue weighted by molar-refractivity contribution is 6.33. The molecule has 9 nitrogen and oxygen atoms in total. The molecule has 2 aromatic heterocycles. The third kappa shape index (κ3) is 6.65. The highest BCUT2D eigenvalue weighted by Gasteiger charge is 2.31. The van der Waals surface area contributed by atoms with E-state index in [0.717, 1.165) is 12.8 Å². The number of hydrogen-bond donors (Lipinski definition) is 1. The summed E-state index contributed by atoms with van der Waals surface area (Å²) in [5.41, 5.74) is 0. The molecule has 1 fully saturated rings. The quantitative estimate of drug-likeness (QED) is 0.582. The molecule has 1 N–H and O–H groups in total. The van der Waals surface area contributed by atoms with E-state index < -0.39 is 0 Å². The first-order chi connectivity index (χ1) is 14.4. The first kappa shape index (κ1) is 22.5. The first-order valence-electron chi connectivity index (χ1n) is 9.52. The third-order valence-electron chi connectivity index (χ3n) is 4.42. The van der Waals surface area contributed by atoms with Crippen LogP contribution in [0.1, 0.15) is 32.5 Å². The van der Waals surface area contributed by atoms with Gasteiger partial charge in [0.1, 0.15) is 12.9 Å². The van der Waals surface area contributed by atoms with Crippen molar-refractivity contribution in [2.24, 2.45) is 5.92 Å². The van der Waals surface area contributed by atoms with Crippen molar-refractivity contribution in [3.63, 3.8) is 0 Å². The van der Waals surface area contributed by atoms with E-state index in [1.165, 1.54) is 25.6 Å². The second-order valence-corrected chi connectivity index (χ2v) is 7.92. The lowest BCUT2D eigenvalue weighted by Crippen LogP contribution is -2.40. The molecule has 2 heterocycles. The number of amides is 1. The summed E-state index contributed by atoms with van der Waals surface area (Å²) in [6.45, 7) is 4.46. The summed E-state index contributed by atoms with van der Waals surface area (Å²) in [6.07, 6.45) is 6.24. The fraction of sp³-hybridized carbons (Fsp3) is 0.526. The summed E-state index contributed by atoms with van der Waals surface area (Å²) >= 11 is 12.1. The van der Waals surface area contributed by atoms with Crippen LogP contribution in [0.15, 0.2) is 18.7 Å². The molecule has 2 aromatic rings. The van der Waals surface area contributed by atoms with Crippen LogP contribution >= 0.6 is 23.2 Å². The van der Waals surface area contributed by atoms with Crippen LogP contribution in [-0.4, -0.2) is 51.2 Å². The SMILES string of the molecule is CC(=O)N[C@@H](C)COC1CC(COc2ncnc(OCc3ncc(Cl)cn3)c2Cl)C1. The number of nitrogens with zero attached hydrogens (tertiary/aromatic N) is 4. The van der Waals surface area contributed by atoms with Gasteiger partial charge in [-0.05, 0) is 25.7 Å². The molecule has 3 rings (SSSR count). The van der Waals surface area contributed by atoms with E-state index in [-0.39, 0.29) is 41.4 Å². The third-order valence-corrected chi connectivity index (χ3v) is 4.94. The summed E-state index contributed by atoms with van der Waals surface area (Å²) in [5.74, 6) is 1.20. The molecule has 1 atom stereocenters. The van der Waals surface area contributed by atoms with Gasteiger partial charge in [0.05, 0.1) is 24.3 Å². The highest BCUT2D eigenvalue weighted by Crippen LogP contribution is 2.34. The minimum absolute atomic E-state index is 0.00526. The van der Waals surface area contributed by atoms with Gasteiger partial charge in [0.2, 0.25) is 17.7 Å². The molecule has 0 unspecified atom stereocenters. The van der Waals surface area contributed by atoms with Crippen LogP contribution in [0, 0.1) is 5.92 Å². The maximum Gasteiger partial charge on any atom is 0.240 e. The Kier molecular flexibility index (Phi) is 8.01. The van der Waals surface area contributed by atoms with E-state index in [9.17, 15) is 4.79 Å². The lowest BCUT2D eigenvalue weighted by molar-refractivity contribution is -0.120. The van der Waals surface area contributed by atoms with Crippen molar-refractivity contribution in [1.29, 1.82) is 0 Å². The van der Waals surface area contributed by atoms with Crippen LogP contribution in [0.4, 0.5) is 0 Å². The highest BCUT2D eigenvalue weighted by atomic mass is 35.5. The van der Waals surface area contributed by atoms with Crippen molar-refractivity contribution in [2.45, 2.75) is 45.4 Å². The summed E-state index contributed by atoms with van der Waals surface area (Å²) in [6, 6.07) is -0.00526. The second kappa shape index (κ2) is 10.7. The molecule has 1 aliphatic rings. The van der Waals surface area contributed by atoms with Crippen molar-refractivity contribution in [3.8, 4) is 11.8 Å². The van der Waals surface area contributed by atoms with Crippen molar-refractivity contribution >= 4 is 29.1 Å². The van der Waals surface area contributed by atoms with Gasteiger partial charge in [-0.25, -0.2) is 19.9 Å². The summed E-state index contributed by atoms with van der Waals surface area (Å²) in [4.78, 5) is 27.2. The van der Waals surface area contributed by atoms with Crippen molar-refractivity contribution in [1.82, 2.24) is 25.3 Å².